The zero-order valence-corrected chi connectivity index (χ0v) is 9.81. The van der Waals surface area contributed by atoms with E-state index in [1.807, 2.05) is 24.3 Å². The minimum atomic E-state index is 0.677. The number of ether oxygens (including phenoxy) is 1. The van der Waals surface area contributed by atoms with Gasteiger partial charge in [-0.05, 0) is 24.1 Å². The van der Waals surface area contributed by atoms with Gasteiger partial charge >= 0.3 is 0 Å². The molecule has 2 rings (SSSR count). The van der Waals surface area contributed by atoms with Crippen LogP contribution in [-0.4, -0.2) is 21.8 Å². The first kappa shape index (κ1) is 11.4. The number of anilines is 1. The van der Waals surface area contributed by atoms with Crippen LogP contribution in [0, 0.1) is 0 Å². The third-order valence-corrected chi connectivity index (χ3v) is 2.27. The van der Waals surface area contributed by atoms with Gasteiger partial charge in [0.05, 0.1) is 6.61 Å². The molecular weight excluding hydrogens is 216 g/mol. The van der Waals surface area contributed by atoms with Gasteiger partial charge < -0.3 is 10.1 Å². The van der Waals surface area contributed by atoms with Crippen LogP contribution in [0.3, 0.4) is 0 Å². The maximum Gasteiger partial charge on any atom is 0.218 e. The zero-order chi connectivity index (χ0) is 11.9. The maximum absolute atomic E-state index is 5.51. The second-order valence-corrected chi connectivity index (χ2v) is 3.68. The molecule has 1 heterocycles. The normalized spacial score (nSPS) is 10.2. The number of aromatic amines is 1. The first-order valence-corrected chi connectivity index (χ1v) is 5.69. The van der Waals surface area contributed by atoms with Crippen LogP contribution in [0.15, 0.2) is 30.6 Å². The molecule has 1 aromatic carbocycles. The van der Waals surface area contributed by atoms with Gasteiger partial charge in [-0.3, -0.25) is 0 Å². The molecule has 0 aliphatic heterocycles. The van der Waals surface area contributed by atoms with Crippen LogP contribution in [0.2, 0.25) is 0 Å². The number of rotatable bonds is 6. The molecule has 0 aliphatic carbocycles. The van der Waals surface area contributed by atoms with Crippen molar-refractivity contribution in [2.45, 2.75) is 19.9 Å². The van der Waals surface area contributed by atoms with Gasteiger partial charge in [0.25, 0.3) is 0 Å². The van der Waals surface area contributed by atoms with Crippen LogP contribution >= 0.6 is 0 Å². The van der Waals surface area contributed by atoms with Gasteiger partial charge in [0.1, 0.15) is 12.1 Å². The van der Waals surface area contributed by atoms with E-state index in [1.54, 1.807) is 0 Å². The Morgan fingerprint density at radius 1 is 1.29 bits per heavy atom. The summed E-state index contributed by atoms with van der Waals surface area (Å²) in [5.74, 6) is 1.59. The van der Waals surface area contributed by atoms with E-state index in [9.17, 15) is 0 Å². The molecule has 1 aromatic heterocycles. The van der Waals surface area contributed by atoms with Crippen LogP contribution in [0.5, 0.6) is 5.75 Å². The smallest absolute Gasteiger partial charge is 0.218 e. The fraction of sp³-hybridized carbons (Fsp3) is 0.333. The number of benzene rings is 1. The highest BCUT2D eigenvalue weighted by molar-refractivity contribution is 5.30. The molecule has 0 atom stereocenters. The van der Waals surface area contributed by atoms with E-state index in [2.05, 4.69) is 27.4 Å². The molecule has 5 nitrogen and oxygen atoms in total. The van der Waals surface area contributed by atoms with Crippen molar-refractivity contribution in [2.75, 3.05) is 11.9 Å². The summed E-state index contributed by atoms with van der Waals surface area (Å²) in [6, 6.07) is 8.03. The Balaban J connectivity index is 1.85. The van der Waals surface area contributed by atoms with Gasteiger partial charge in [-0.2, -0.15) is 5.10 Å². The first-order valence-electron chi connectivity index (χ1n) is 5.69. The highest BCUT2D eigenvalue weighted by atomic mass is 16.5. The van der Waals surface area contributed by atoms with Gasteiger partial charge in [0.2, 0.25) is 5.95 Å². The maximum atomic E-state index is 5.51. The number of hydrogen-bond acceptors (Lipinski definition) is 4. The molecule has 0 fully saturated rings. The number of nitrogens with zero attached hydrogens (tertiary/aromatic N) is 2. The fourth-order valence-corrected chi connectivity index (χ4v) is 1.40. The molecule has 2 N–H and O–H groups in total. The third-order valence-electron chi connectivity index (χ3n) is 2.27. The summed E-state index contributed by atoms with van der Waals surface area (Å²) in [6.45, 7) is 3.56. The second-order valence-electron chi connectivity index (χ2n) is 3.68. The molecule has 0 aliphatic rings. The minimum absolute atomic E-state index is 0.677. The van der Waals surface area contributed by atoms with Gasteiger partial charge in [0.15, 0.2) is 0 Å². The van der Waals surface area contributed by atoms with E-state index < -0.39 is 0 Å². The summed E-state index contributed by atoms with van der Waals surface area (Å²) < 4.78 is 5.51. The Labute approximate surface area is 100 Å². The van der Waals surface area contributed by atoms with E-state index in [4.69, 9.17) is 4.74 Å². The van der Waals surface area contributed by atoms with Crippen molar-refractivity contribution in [3.8, 4) is 5.75 Å². The molecule has 0 unspecified atom stereocenters. The first-order chi connectivity index (χ1) is 8.38. The molecule has 5 heteroatoms. The Kier molecular flexibility index (Phi) is 3.96. The lowest BCUT2D eigenvalue weighted by Crippen LogP contribution is -2.01. The van der Waals surface area contributed by atoms with E-state index >= 15 is 0 Å². The summed E-state index contributed by atoms with van der Waals surface area (Å²) >= 11 is 0. The quantitative estimate of drug-likeness (QED) is 0.801. The van der Waals surface area contributed by atoms with Crippen molar-refractivity contribution in [3.63, 3.8) is 0 Å². The fourth-order valence-electron chi connectivity index (χ4n) is 1.40. The Morgan fingerprint density at radius 3 is 2.76 bits per heavy atom. The van der Waals surface area contributed by atoms with E-state index in [0.717, 1.165) is 18.8 Å². The van der Waals surface area contributed by atoms with Crippen LogP contribution < -0.4 is 10.1 Å². The van der Waals surface area contributed by atoms with Crippen LogP contribution in [0.1, 0.15) is 18.9 Å². The zero-order valence-electron chi connectivity index (χ0n) is 9.81. The Morgan fingerprint density at radius 2 is 2.12 bits per heavy atom. The molecular formula is C12H16N4O. The molecule has 0 amide bonds. The summed E-state index contributed by atoms with van der Waals surface area (Å²) in [5.41, 5.74) is 1.17. The van der Waals surface area contributed by atoms with Gasteiger partial charge in [-0.15, -0.1) is 0 Å². The lowest BCUT2D eigenvalue weighted by molar-refractivity contribution is 0.317. The highest BCUT2D eigenvalue weighted by Gasteiger charge is 1.97. The molecule has 0 spiro atoms. The summed E-state index contributed by atoms with van der Waals surface area (Å²) in [5, 5.41) is 9.65. The molecule has 0 saturated heterocycles. The minimum Gasteiger partial charge on any atom is -0.494 e. The van der Waals surface area contributed by atoms with Crippen molar-refractivity contribution in [3.05, 3.63) is 36.2 Å². The molecule has 0 bridgehead atoms. The van der Waals surface area contributed by atoms with E-state index in [-0.39, 0.29) is 0 Å². The SMILES string of the molecule is CCCOc1ccc(CNc2ncn[nH]2)cc1. The largest absolute Gasteiger partial charge is 0.494 e. The van der Waals surface area contributed by atoms with E-state index in [1.165, 1.54) is 11.9 Å². The number of nitrogens with one attached hydrogen (secondary N) is 2. The lowest BCUT2D eigenvalue weighted by Gasteiger charge is -2.06. The lowest BCUT2D eigenvalue weighted by atomic mass is 10.2. The van der Waals surface area contributed by atoms with Crippen LogP contribution in [0.4, 0.5) is 5.95 Å². The van der Waals surface area contributed by atoms with Crippen molar-refractivity contribution in [1.82, 2.24) is 15.2 Å². The molecule has 0 saturated carbocycles. The standard InChI is InChI=1S/C12H16N4O/c1-2-7-17-11-5-3-10(4-6-11)8-13-12-14-9-15-16-12/h3-6,9H,2,7-8H2,1H3,(H2,13,14,15,16). The highest BCUT2D eigenvalue weighted by Crippen LogP contribution is 2.13. The molecule has 2 aromatic rings. The van der Waals surface area contributed by atoms with Crippen molar-refractivity contribution >= 4 is 5.95 Å². The average molecular weight is 232 g/mol. The predicted octanol–water partition coefficient (Wildman–Crippen LogP) is 2.21. The summed E-state index contributed by atoms with van der Waals surface area (Å²) in [6.07, 6.45) is 2.50. The topological polar surface area (TPSA) is 62.8 Å². The van der Waals surface area contributed by atoms with Crippen molar-refractivity contribution in [2.24, 2.45) is 0 Å². The third kappa shape index (κ3) is 3.48. The Hall–Kier alpha value is -2.04. The molecule has 0 radical (unpaired) electrons. The van der Waals surface area contributed by atoms with Gasteiger partial charge in [0, 0.05) is 6.54 Å². The Bertz CT molecular complexity index is 424. The molecule has 17 heavy (non-hydrogen) atoms. The second kappa shape index (κ2) is 5.89. The predicted molar refractivity (Wildman–Crippen MR) is 65.9 cm³/mol. The number of hydrogen-bond donors (Lipinski definition) is 2. The van der Waals surface area contributed by atoms with Crippen LogP contribution in [-0.2, 0) is 6.54 Å². The average Bonchev–Trinajstić information content (AvgIpc) is 2.88. The molecule has 90 valence electrons. The number of aromatic nitrogens is 3. The van der Waals surface area contributed by atoms with E-state index in [0.29, 0.717) is 12.5 Å². The summed E-state index contributed by atoms with van der Waals surface area (Å²) in [7, 11) is 0. The van der Waals surface area contributed by atoms with Gasteiger partial charge in [-0.25, -0.2) is 10.1 Å². The van der Waals surface area contributed by atoms with Crippen molar-refractivity contribution < 1.29 is 4.74 Å². The van der Waals surface area contributed by atoms with Crippen molar-refractivity contribution in [1.29, 1.82) is 0 Å². The van der Waals surface area contributed by atoms with Crippen LogP contribution in [0.25, 0.3) is 0 Å². The van der Waals surface area contributed by atoms with Gasteiger partial charge in [-0.1, -0.05) is 19.1 Å². The monoisotopic (exact) mass is 232 g/mol. The number of H-pyrrole nitrogens is 1. The summed E-state index contributed by atoms with van der Waals surface area (Å²) in [4.78, 5) is 3.99.